The summed E-state index contributed by atoms with van der Waals surface area (Å²) in [5.74, 6) is -0.353. The number of hydrogen-bond acceptors (Lipinski definition) is 7. The van der Waals surface area contributed by atoms with E-state index in [9.17, 15) is 14.4 Å². The lowest BCUT2D eigenvalue weighted by molar-refractivity contribution is -0.127. The third-order valence-electron chi connectivity index (χ3n) is 3.26. The number of nitrogens with zero attached hydrogens (tertiary/aromatic N) is 4. The van der Waals surface area contributed by atoms with Crippen molar-refractivity contribution in [2.75, 3.05) is 19.1 Å². The predicted molar refractivity (Wildman–Crippen MR) is 90.1 cm³/mol. The zero-order chi connectivity index (χ0) is 17.8. The second kappa shape index (κ2) is 7.18. The number of aromatic nitrogens is 3. The number of thioether (sulfide) groups is 1. The van der Waals surface area contributed by atoms with Gasteiger partial charge in [0.15, 0.2) is 0 Å². The maximum atomic E-state index is 12.4. The molecular formula is C15H13N5O4S. The highest BCUT2D eigenvalue weighted by molar-refractivity contribution is 8.18. The van der Waals surface area contributed by atoms with Crippen molar-refractivity contribution >= 4 is 34.9 Å². The van der Waals surface area contributed by atoms with Crippen molar-refractivity contribution in [3.05, 3.63) is 47.4 Å². The lowest BCUT2D eigenvalue weighted by atomic mass is 10.2. The Morgan fingerprint density at radius 3 is 2.56 bits per heavy atom. The van der Waals surface area contributed by atoms with Gasteiger partial charge in [0.2, 0.25) is 0 Å². The average molecular weight is 359 g/mol. The van der Waals surface area contributed by atoms with E-state index in [-0.39, 0.29) is 11.4 Å². The zero-order valence-electron chi connectivity index (χ0n) is 13.1. The van der Waals surface area contributed by atoms with Gasteiger partial charge in [0.25, 0.3) is 17.1 Å². The van der Waals surface area contributed by atoms with E-state index in [0.29, 0.717) is 5.75 Å². The first kappa shape index (κ1) is 16.7. The number of hydrogen-bond donors (Lipinski definition) is 1. The number of ether oxygens (including phenoxy) is 1. The number of imide groups is 1. The fraction of sp³-hybridized carbons (Fsp3) is 0.133. The van der Waals surface area contributed by atoms with Crippen LogP contribution in [-0.4, -0.2) is 50.5 Å². The Labute approximate surface area is 146 Å². The van der Waals surface area contributed by atoms with E-state index in [1.807, 2.05) is 0 Å². The molecule has 1 aromatic carbocycles. The first-order chi connectivity index (χ1) is 12.1. The van der Waals surface area contributed by atoms with Gasteiger partial charge in [0.05, 0.1) is 12.0 Å². The molecule has 1 aliphatic heterocycles. The van der Waals surface area contributed by atoms with Gasteiger partial charge in [-0.2, -0.15) is 0 Å². The maximum Gasteiger partial charge on any atom is 0.294 e. The molecule has 0 unspecified atom stereocenters. The largest absolute Gasteiger partial charge is 0.497 e. The molecule has 1 aromatic heterocycles. The zero-order valence-corrected chi connectivity index (χ0v) is 13.9. The van der Waals surface area contributed by atoms with Crippen LogP contribution in [0.4, 0.5) is 4.79 Å². The number of amides is 3. The van der Waals surface area contributed by atoms with Crippen molar-refractivity contribution in [3.63, 3.8) is 0 Å². The Hall–Kier alpha value is -3.14. The van der Waals surface area contributed by atoms with Gasteiger partial charge in [-0.05, 0) is 35.5 Å². The van der Waals surface area contributed by atoms with Gasteiger partial charge in [-0.25, -0.2) is 4.68 Å². The molecule has 2 heterocycles. The van der Waals surface area contributed by atoms with Gasteiger partial charge in [0.1, 0.15) is 24.9 Å². The summed E-state index contributed by atoms with van der Waals surface area (Å²) in [5.41, 5.74) is 3.18. The minimum Gasteiger partial charge on any atom is -0.497 e. The summed E-state index contributed by atoms with van der Waals surface area (Å²) in [6.45, 7) is -0.386. The Morgan fingerprint density at radius 2 is 1.92 bits per heavy atom. The molecule has 9 nitrogen and oxygen atoms in total. The van der Waals surface area contributed by atoms with Crippen molar-refractivity contribution in [3.8, 4) is 5.75 Å². The van der Waals surface area contributed by atoms with E-state index in [0.717, 1.165) is 22.2 Å². The molecule has 2 aromatic rings. The number of rotatable bonds is 5. The first-order valence-corrected chi connectivity index (χ1v) is 7.92. The highest BCUT2D eigenvalue weighted by Gasteiger charge is 2.36. The SMILES string of the molecule is COc1ccc(C=C2SC(=O)N(CC(=O)Nn3cnnc3)C2=O)cc1. The number of methoxy groups -OCH3 is 1. The standard InChI is InChI=1S/C15H13N5O4S/c1-24-11-4-2-10(3-5-11)6-12-14(22)20(15(23)25-12)7-13(21)18-19-8-16-17-9-19/h2-6,8-9H,7H2,1H3,(H,18,21). The third kappa shape index (κ3) is 3.86. The Kier molecular flexibility index (Phi) is 4.80. The second-order valence-electron chi connectivity index (χ2n) is 4.95. The normalized spacial score (nSPS) is 15.7. The van der Waals surface area contributed by atoms with Crippen molar-refractivity contribution < 1.29 is 19.1 Å². The van der Waals surface area contributed by atoms with Crippen molar-refractivity contribution in [1.82, 2.24) is 19.8 Å². The summed E-state index contributed by atoms with van der Waals surface area (Å²) in [6, 6.07) is 7.04. The number of carbonyl (C=O) groups is 3. The molecule has 0 spiro atoms. The monoisotopic (exact) mass is 359 g/mol. The minimum absolute atomic E-state index is 0.257. The van der Waals surface area contributed by atoms with E-state index in [4.69, 9.17) is 4.74 Å². The van der Waals surface area contributed by atoms with Gasteiger partial charge in [-0.3, -0.25) is 24.7 Å². The fourth-order valence-corrected chi connectivity index (χ4v) is 2.91. The first-order valence-electron chi connectivity index (χ1n) is 7.11. The molecule has 0 bridgehead atoms. The van der Waals surface area contributed by atoms with Crippen LogP contribution >= 0.6 is 11.8 Å². The van der Waals surface area contributed by atoms with Gasteiger partial charge < -0.3 is 4.74 Å². The molecule has 128 valence electrons. The maximum absolute atomic E-state index is 12.4. The van der Waals surface area contributed by atoms with E-state index in [2.05, 4.69) is 15.6 Å². The molecule has 1 saturated heterocycles. The third-order valence-corrected chi connectivity index (χ3v) is 4.17. The Bertz CT molecular complexity index is 832. The van der Waals surface area contributed by atoms with Crippen molar-refractivity contribution in [1.29, 1.82) is 0 Å². The van der Waals surface area contributed by atoms with Crippen LogP contribution in [0.5, 0.6) is 5.75 Å². The second-order valence-corrected chi connectivity index (χ2v) is 5.94. The topological polar surface area (TPSA) is 106 Å². The average Bonchev–Trinajstić information content (AvgIpc) is 3.20. The summed E-state index contributed by atoms with van der Waals surface area (Å²) < 4.78 is 6.30. The molecule has 25 heavy (non-hydrogen) atoms. The Morgan fingerprint density at radius 1 is 1.24 bits per heavy atom. The highest BCUT2D eigenvalue weighted by atomic mass is 32.2. The van der Waals surface area contributed by atoms with Crippen LogP contribution in [0.3, 0.4) is 0 Å². The molecule has 3 rings (SSSR count). The van der Waals surface area contributed by atoms with E-state index in [1.54, 1.807) is 37.5 Å². The van der Waals surface area contributed by atoms with E-state index >= 15 is 0 Å². The quantitative estimate of drug-likeness (QED) is 0.797. The van der Waals surface area contributed by atoms with Crippen LogP contribution in [0.25, 0.3) is 6.08 Å². The van der Waals surface area contributed by atoms with Crippen molar-refractivity contribution in [2.45, 2.75) is 0 Å². The smallest absolute Gasteiger partial charge is 0.294 e. The van der Waals surface area contributed by atoms with Crippen LogP contribution in [0.1, 0.15) is 5.56 Å². The number of nitrogens with one attached hydrogen (secondary N) is 1. The van der Waals surface area contributed by atoms with E-state index in [1.165, 1.54) is 17.3 Å². The minimum atomic E-state index is -0.534. The highest BCUT2D eigenvalue weighted by Crippen LogP contribution is 2.32. The predicted octanol–water partition coefficient (Wildman–Crippen LogP) is 1.09. The summed E-state index contributed by atoms with van der Waals surface area (Å²) in [6.07, 6.45) is 4.17. The summed E-state index contributed by atoms with van der Waals surface area (Å²) >= 11 is 0.792. The number of carbonyl (C=O) groups excluding carboxylic acids is 3. The van der Waals surface area contributed by atoms with Gasteiger partial charge in [-0.1, -0.05) is 12.1 Å². The van der Waals surface area contributed by atoms with Crippen LogP contribution in [0.15, 0.2) is 41.8 Å². The molecule has 1 aliphatic rings. The summed E-state index contributed by atoms with van der Waals surface area (Å²) in [4.78, 5) is 37.4. The van der Waals surface area contributed by atoms with Crippen LogP contribution < -0.4 is 10.2 Å². The lowest BCUT2D eigenvalue weighted by Gasteiger charge is -2.12. The molecular weight excluding hydrogens is 346 g/mol. The molecule has 0 aliphatic carbocycles. The van der Waals surface area contributed by atoms with Gasteiger partial charge in [0, 0.05) is 0 Å². The molecule has 0 saturated carbocycles. The molecule has 0 radical (unpaired) electrons. The molecule has 10 heteroatoms. The van der Waals surface area contributed by atoms with Crippen LogP contribution in [0, 0.1) is 0 Å². The lowest BCUT2D eigenvalue weighted by Crippen LogP contribution is -2.38. The van der Waals surface area contributed by atoms with Crippen LogP contribution in [-0.2, 0) is 9.59 Å². The van der Waals surface area contributed by atoms with E-state index < -0.39 is 17.1 Å². The Balaban J connectivity index is 1.68. The molecule has 0 atom stereocenters. The molecule has 1 N–H and O–H groups in total. The summed E-state index contributed by atoms with van der Waals surface area (Å²) in [7, 11) is 1.56. The van der Waals surface area contributed by atoms with Crippen molar-refractivity contribution in [2.24, 2.45) is 0 Å². The fourth-order valence-electron chi connectivity index (χ4n) is 2.07. The molecule has 1 fully saturated rings. The van der Waals surface area contributed by atoms with Gasteiger partial charge >= 0.3 is 0 Å². The summed E-state index contributed by atoms with van der Waals surface area (Å²) in [5, 5.41) is 6.58. The van der Waals surface area contributed by atoms with Gasteiger partial charge in [-0.15, -0.1) is 10.2 Å². The van der Waals surface area contributed by atoms with Crippen LogP contribution in [0.2, 0.25) is 0 Å². The number of benzene rings is 1. The molecule has 3 amide bonds.